The van der Waals surface area contributed by atoms with Gasteiger partial charge in [0.05, 0.1) is 0 Å². The zero-order valence-corrected chi connectivity index (χ0v) is 14.8. The molecule has 0 fully saturated rings. The van der Waals surface area contributed by atoms with Crippen LogP contribution in [0.4, 0.5) is 4.39 Å². The normalized spacial score (nSPS) is 11.1. The molecule has 0 N–H and O–H groups in total. The van der Waals surface area contributed by atoms with E-state index in [2.05, 4.69) is 28.6 Å². The Bertz CT molecular complexity index is 777. The molecule has 0 amide bonds. The monoisotopic (exact) mass is 347 g/mol. The molecular formula is C17H18FN3S2. The lowest BCUT2D eigenvalue weighted by Gasteiger charge is -2.03. The van der Waals surface area contributed by atoms with Gasteiger partial charge in [-0.1, -0.05) is 37.2 Å². The first kappa shape index (κ1) is 16.2. The van der Waals surface area contributed by atoms with Crippen molar-refractivity contribution in [1.29, 1.82) is 0 Å². The first-order valence-corrected chi connectivity index (χ1v) is 9.38. The Morgan fingerprint density at radius 2 is 2.00 bits per heavy atom. The Hall–Kier alpha value is -1.66. The van der Waals surface area contributed by atoms with Gasteiger partial charge in [-0.05, 0) is 30.2 Å². The van der Waals surface area contributed by atoms with Crippen molar-refractivity contribution in [3.8, 4) is 11.4 Å². The highest BCUT2D eigenvalue weighted by Crippen LogP contribution is 2.28. The molecule has 0 atom stereocenters. The van der Waals surface area contributed by atoms with Crippen molar-refractivity contribution >= 4 is 23.1 Å². The predicted octanol–water partition coefficient (Wildman–Crippen LogP) is 4.93. The molecule has 120 valence electrons. The molecule has 0 spiro atoms. The van der Waals surface area contributed by atoms with Crippen molar-refractivity contribution in [2.45, 2.75) is 30.7 Å². The quantitative estimate of drug-likeness (QED) is 0.593. The van der Waals surface area contributed by atoms with Crippen LogP contribution in [0.1, 0.15) is 23.8 Å². The number of rotatable bonds is 6. The summed E-state index contributed by atoms with van der Waals surface area (Å²) in [7, 11) is 1.99. The summed E-state index contributed by atoms with van der Waals surface area (Å²) < 4.78 is 14.9. The van der Waals surface area contributed by atoms with Crippen LogP contribution in [0.15, 0.2) is 40.9 Å². The van der Waals surface area contributed by atoms with Gasteiger partial charge in [0, 0.05) is 28.6 Å². The number of benzene rings is 1. The number of aromatic nitrogens is 3. The number of halogens is 1. The summed E-state index contributed by atoms with van der Waals surface area (Å²) in [5, 5.41) is 11.6. The fourth-order valence-corrected chi connectivity index (χ4v) is 4.13. The Labute approximate surface area is 143 Å². The standard InChI is InChI=1S/C17H18FN3S2/c1-3-4-15-9-13(11-22-15)16-19-20-17(21(16)2)23-10-12-5-7-14(18)8-6-12/h5-9,11H,3-4,10H2,1-2H3. The van der Waals surface area contributed by atoms with Gasteiger partial charge in [-0.15, -0.1) is 21.5 Å². The lowest BCUT2D eigenvalue weighted by molar-refractivity contribution is 0.627. The first-order valence-electron chi connectivity index (χ1n) is 7.51. The first-order chi connectivity index (χ1) is 11.2. The highest BCUT2D eigenvalue weighted by atomic mass is 32.2. The molecule has 1 aromatic carbocycles. The van der Waals surface area contributed by atoms with Gasteiger partial charge in [-0.25, -0.2) is 4.39 Å². The van der Waals surface area contributed by atoms with Crippen LogP contribution in [-0.4, -0.2) is 14.8 Å². The van der Waals surface area contributed by atoms with E-state index in [1.807, 2.05) is 11.6 Å². The van der Waals surface area contributed by atoms with E-state index < -0.39 is 0 Å². The van der Waals surface area contributed by atoms with Crippen molar-refractivity contribution in [2.24, 2.45) is 7.05 Å². The largest absolute Gasteiger partial charge is 0.305 e. The van der Waals surface area contributed by atoms with Gasteiger partial charge in [-0.3, -0.25) is 0 Å². The van der Waals surface area contributed by atoms with Gasteiger partial charge in [0.2, 0.25) is 0 Å². The van der Waals surface area contributed by atoms with Crippen LogP contribution in [0, 0.1) is 5.82 Å². The summed E-state index contributed by atoms with van der Waals surface area (Å²) in [4.78, 5) is 1.38. The lowest BCUT2D eigenvalue weighted by atomic mass is 10.2. The van der Waals surface area contributed by atoms with Crippen LogP contribution in [-0.2, 0) is 19.2 Å². The van der Waals surface area contributed by atoms with Gasteiger partial charge in [-0.2, -0.15) is 0 Å². The molecular weight excluding hydrogens is 329 g/mol. The minimum Gasteiger partial charge on any atom is -0.305 e. The van der Waals surface area contributed by atoms with E-state index in [9.17, 15) is 4.39 Å². The van der Waals surface area contributed by atoms with E-state index >= 15 is 0 Å². The van der Waals surface area contributed by atoms with Gasteiger partial charge >= 0.3 is 0 Å². The minimum absolute atomic E-state index is 0.208. The summed E-state index contributed by atoms with van der Waals surface area (Å²) in [6, 6.07) is 8.77. The van der Waals surface area contributed by atoms with Gasteiger partial charge in [0.15, 0.2) is 11.0 Å². The van der Waals surface area contributed by atoms with Crippen LogP contribution >= 0.6 is 23.1 Å². The highest BCUT2D eigenvalue weighted by Gasteiger charge is 2.13. The lowest BCUT2D eigenvalue weighted by Crippen LogP contribution is -1.94. The van der Waals surface area contributed by atoms with Crippen molar-refractivity contribution in [3.63, 3.8) is 0 Å². The summed E-state index contributed by atoms with van der Waals surface area (Å²) in [6.07, 6.45) is 2.26. The van der Waals surface area contributed by atoms with Gasteiger partial charge in [0.1, 0.15) is 5.82 Å². The second kappa shape index (κ2) is 7.27. The minimum atomic E-state index is -0.208. The Balaban J connectivity index is 1.72. The van der Waals surface area contributed by atoms with Gasteiger partial charge in [0.25, 0.3) is 0 Å². The van der Waals surface area contributed by atoms with Gasteiger partial charge < -0.3 is 4.57 Å². The molecule has 3 nitrogen and oxygen atoms in total. The van der Waals surface area contributed by atoms with Crippen molar-refractivity contribution in [1.82, 2.24) is 14.8 Å². The average Bonchev–Trinajstić information content (AvgIpc) is 3.14. The SMILES string of the molecule is CCCc1cc(-c2nnc(SCc3ccc(F)cc3)n2C)cs1. The van der Waals surface area contributed by atoms with E-state index in [0.29, 0.717) is 0 Å². The van der Waals surface area contributed by atoms with Crippen LogP contribution in [0.3, 0.4) is 0 Å². The zero-order valence-electron chi connectivity index (χ0n) is 13.1. The average molecular weight is 347 g/mol. The molecule has 3 aromatic rings. The van der Waals surface area contributed by atoms with Crippen LogP contribution in [0.5, 0.6) is 0 Å². The number of hydrogen-bond donors (Lipinski definition) is 0. The summed E-state index contributed by atoms with van der Waals surface area (Å²) >= 11 is 3.38. The molecule has 0 radical (unpaired) electrons. The third-order valence-corrected chi connectivity index (χ3v) is 5.61. The molecule has 2 heterocycles. The molecule has 23 heavy (non-hydrogen) atoms. The second-order valence-corrected chi connectivity index (χ2v) is 7.27. The van der Waals surface area contributed by atoms with Crippen molar-refractivity contribution in [2.75, 3.05) is 0 Å². The molecule has 0 bridgehead atoms. The fourth-order valence-electron chi connectivity index (χ4n) is 2.30. The molecule has 0 aliphatic carbocycles. The molecule has 0 saturated heterocycles. The van der Waals surface area contributed by atoms with Crippen LogP contribution in [0.2, 0.25) is 0 Å². The number of hydrogen-bond acceptors (Lipinski definition) is 4. The van der Waals surface area contributed by atoms with E-state index in [1.54, 1.807) is 35.2 Å². The van der Waals surface area contributed by atoms with Crippen molar-refractivity contribution in [3.05, 3.63) is 52.0 Å². The van der Waals surface area contributed by atoms with Crippen LogP contribution < -0.4 is 0 Å². The number of thiophene rings is 1. The topological polar surface area (TPSA) is 30.7 Å². The molecule has 0 aliphatic heterocycles. The number of nitrogens with zero attached hydrogens (tertiary/aromatic N) is 3. The summed E-state index contributed by atoms with van der Waals surface area (Å²) in [5.41, 5.74) is 2.20. The maximum atomic E-state index is 12.9. The number of thioether (sulfide) groups is 1. The molecule has 0 aliphatic rings. The Morgan fingerprint density at radius 1 is 1.22 bits per heavy atom. The van der Waals surface area contributed by atoms with Crippen molar-refractivity contribution < 1.29 is 4.39 Å². The van der Waals surface area contributed by atoms with Crippen LogP contribution in [0.25, 0.3) is 11.4 Å². The highest BCUT2D eigenvalue weighted by molar-refractivity contribution is 7.98. The maximum Gasteiger partial charge on any atom is 0.191 e. The van der Waals surface area contributed by atoms with E-state index in [0.717, 1.165) is 40.7 Å². The molecule has 2 aromatic heterocycles. The summed E-state index contributed by atoms with van der Waals surface area (Å²) in [6.45, 7) is 2.19. The Kier molecular flexibility index (Phi) is 5.13. The fraction of sp³-hybridized carbons (Fsp3) is 0.294. The second-order valence-electron chi connectivity index (χ2n) is 5.33. The third kappa shape index (κ3) is 3.82. The maximum absolute atomic E-state index is 12.9. The molecule has 3 rings (SSSR count). The predicted molar refractivity (Wildman–Crippen MR) is 94.3 cm³/mol. The Morgan fingerprint density at radius 3 is 2.74 bits per heavy atom. The summed E-state index contributed by atoms with van der Waals surface area (Å²) in [5.74, 6) is 1.43. The molecule has 0 unspecified atom stereocenters. The number of aryl methyl sites for hydroxylation is 1. The smallest absolute Gasteiger partial charge is 0.191 e. The van der Waals surface area contributed by atoms with E-state index in [-0.39, 0.29) is 5.82 Å². The molecule has 0 saturated carbocycles. The third-order valence-electron chi connectivity index (χ3n) is 3.52. The molecule has 6 heteroatoms. The van der Waals surface area contributed by atoms with E-state index in [1.165, 1.54) is 17.0 Å². The van der Waals surface area contributed by atoms with E-state index in [4.69, 9.17) is 0 Å². The zero-order chi connectivity index (χ0) is 16.2.